The quantitative estimate of drug-likeness (QED) is 0.436. The zero-order valence-corrected chi connectivity index (χ0v) is 13.4. The smallest absolute Gasteiger partial charge is 0.446 e. The summed E-state index contributed by atoms with van der Waals surface area (Å²) in [4.78, 5) is 11.4. The fourth-order valence-corrected chi connectivity index (χ4v) is 2.72. The van der Waals surface area contributed by atoms with Crippen LogP contribution in [0.15, 0.2) is 17.0 Å². The van der Waals surface area contributed by atoms with Gasteiger partial charge in [-0.05, 0) is 41.9 Å². The summed E-state index contributed by atoms with van der Waals surface area (Å²) in [5.74, 6) is -0.662. The van der Waals surface area contributed by atoms with E-state index in [0.717, 1.165) is 0 Å². The summed E-state index contributed by atoms with van der Waals surface area (Å²) >= 11 is 2.81. The van der Waals surface area contributed by atoms with Gasteiger partial charge in [0.05, 0.1) is 24.7 Å². The van der Waals surface area contributed by atoms with Crippen LogP contribution < -0.4 is 0 Å². The maximum atomic E-state index is 12.6. The Hall–Kier alpha value is -1.20. The molecule has 0 spiro atoms. The largest absolute Gasteiger partial charge is 0.466 e. The van der Waals surface area contributed by atoms with Gasteiger partial charge in [0.15, 0.2) is 0 Å². The third-order valence-corrected chi connectivity index (χ3v) is 3.86. The van der Waals surface area contributed by atoms with Crippen molar-refractivity contribution < 1.29 is 22.7 Å². The van der Waals surface area contributed by atoms with Crippen LogP contribution in [0, 0.1) is 11.3 Å². The average Bonchev–Trinajstić information content (AvgIpc) is 2.39. The van der Waals surface area contributed by atoms with Gasteiger partial charge in [-0.15, -0.1) is 0 Å². The molecule has 0 aliphatic rings. The first kappa shape index (κ1) is 17.9. The SMILES string of the molecule is CCOC(=O)Cc1c(C#N)cc(CBr)cc1SC(F)(F)F. The second-order valence-corrected chi connectivity index (χ2v) is 5.56. The lowest BCUT2D eigenvalue weighted by Gasteiger charge is -2.14. The van der Waals surface area contributed by atoms with Crippen molar-refractivity contribution in [2.75, 3.05) is 6.61 Å². The van der Waals surface area contributed by atoms with E-state index in [1.807, 2.05) is 6.07 Å². The number of alkyl halides is 4. The highest BCUT2D eigenvalue weighted by atomic mass is 79.9. The zero-order chi connectivity index (χ0) is 16.0. The number of ether oxygens (including phenoxy) is 1. The Bertz CT molecular complexity index is 570. The van der Waals surface area contributed by atoms with Crippen LogP contribution >= 0.6 is 27.7 Å². The summed E-state index contributed by atoms with van der Waals surface area (Å²) in [7, 11) is 0. The second-order valence-electron chi connectivity index (χ2n) is 3.90. The predicted molar refractivity (Wildman–Crippen MR) is 76.0 cm³/mol. The van der Waals surface area contributed by atoms with Crippen LogP contribution in [0.1, 0.15) is 23.6 Å². The molecule has 21 heavy (non-hydrogen) atoms. The highest BCUT2D eigenvalue weighted by molar-refractivity contribution is 9.08. The number of hydrogen-bond donors (Lipinski definition) is 0. The van der Waals surface area contributed by atoms with Gasteiger partial charge < -0.3 is 4.74 Å². The maximum absolute atomic E-state index is 12.6. The molecule has 0 aliphatic carbocycles. The van der Waals surface area contributed by atoms with Crippen LogP contribution in [0.2, 0.25) is 0 Å². The van der Waals surface area contributed by atoms with Gasteiger partial charge in [-0.3, -0.25) is 4.79 Å². The minimum absolute atomic E-state index is 0.0444. The highest BCUT2D eigenvalue weighted by Gasteiger charge is 2.31. The molecule has 0 atom stereocenters. The summed E-state index contributed by atoms with van der Waals surface area (Å²) in [5, 5.41) is 9.41. The summed E-state index contributed by atoms with van der Waals surface area (Å²) in [5.41, 5.74) is -3.87. The predicted octanol–water partition coefficient (Wildman–Crippen LogP) is 4.17. The fraction of sp³-hybridized carbons (Fsp3) is 0.385. The Morgan fingerprint density at radius 2 is 2.14 bits per heavy atom. The van der Waals surface area contributed by atoms with Crippen LogP contribution in [0.25, 0.3) is 0 Å². The van der Waals surface area contributed by atoms with E-state index in [1.165, 1.54) is 12.1 Å². The van der Waals surface area contributed by atoms with Crippen LogP contribution in [-0.2, 0) is 21.3 Å². The Kier molecular flexibility index (Phi) is 6.55. The minimum atomic E-state index is -4.50. The molecule has 0 bridgehead atoms. The van der Waals surface area contributed by atoms with Gasteiger partial charge >= 0.3 is 11.5 Å². The lowest BCUT2D eigenvalue weighted by atomic mass is 10.0. The number of hydrogen-bond acceptors (Lipinski definition) is 4. The molecule has 0 aliphatic heterocycles. The standard InChI is InChI=1S/C13H11BrF3NO2S/c1-2-20-12(19)5-10-9(7-18)3-8(6-14)4-11(10)21-13(15,16)17/h3-4H,2,5-6H2,1H3. The maximum Gasteiger partial charge on any atom is 0.446 e. The molecule has 0 radical (unpaired) electrons. The number of nitriles is 1. The Morgan fingerprint density at radius 1 is 1.48 bits per heavy atom. The summed E-state index contributed by atoms with van der Waals surface area (Å²) < 4.78 is 42.6. The minimum Gasteiger partial charge on any atom is -0.466 e. The molecular formula is C13H11BrF3NO2S. The molecule has 0 saturated carbocycles. The van der Waals surface area contributed by atoms with Gasteiger partial charge in [0, 0.05) is 10.2 Å². The molecule has 0 fully saturated rings. The van der Waals surface area contributed by atoms with Crippen molar-refractivity contribution in [1.82, 2.24) is 0 Å². The van der Waals surface area contributed by atoms with Crippen molar-refractivity contribution >= 4 is 33.7 Å². The Labute approximate surface area is 132 Å². The molecule has 8 heteroatoms. The summed E-state index contributed by atoms with van der Waals surface area (Å²) in [6.45, 7) is 1.73. The molecule has 0 unspecified atom stereocenters. The first-order chi connectivity index (χ1) is 9.80. The molecule has 1 rings (SSSR count). The Balaban J connectivity index is 3.29. The van der Waals surface area contributed by atoms with Gasteiger partial charge in [0.1, 0.15) is 0 Å². The van der Waals surface area contributed by atoms with Crippen LogP contribution in [0.4, 0.5) is 13.2 Å². The Morgan fingerprint density at radius 3 is 2.62 bits per heavy atom. The number of thioether (sulfide) groups is 1. The highest BCUT2D eigenvalue weighted by Crippen LogP contribution is 2.40. The van der Waals surface area contributed by atoms with Crippen LogP contribution in [-0.4, -0.2) is 18.1 Å². The van der Waals surface area contributed by atoms with E-state index in [4.69, 9.17) is 10.00 Å². The molecule has 0 heterocycles. The van der Waals surface area contributed by atoms with E-state index < -0.39 is 11.5 Å². The second kappa shape index (κ2) is 7.71. The molecule has 1 aromatic rings. The van der Waals surface area contributed by atoms with E-state index in [1.54, 1.807) is 6.92 Å². The average molecular weight is 382 g/mol. The molecule has 1 aromatic carbocycles. The number of benzene rings is 1. The lowest BCUT2D eigenvalue weighted by Crippen LogP contribution is -2.11. The lowest BCUT2D eigenvalue weighted by molar-refractivity contribution is -0.142. The van der Waals surface area contributed by atoms with Crippen LogP contribution in [0.3, 0.4) is 0 Å². The van der Waals surface area contributed by atoms with Crippen molar-refractivity contribution in [2.24, 2.45) is 0 Å². The monoisotopic (exact) mass is 381 g/mol. The van der Waals surface area contributed by atoms with E-state index in [-0.39, 0.29) is 40.8 Å². The molecule has 0 aromatic heterocycles. The topological polar surface area (TPSA) is 50.1 Å². The molecule has 0 amide bonds. The van der Waals surface area contributed by atoms with E-state index in [9.17, 15) is 18.0 Å². The molecule has 3 nitrogen and oxygen atoms in total. The molecule has 0 N–H and O–H groups in total. The van der Waals surface area contributed by atoms with Crippen molar-refractivity contribution in [3.63, 3.8) is 0 Å². The first-order valence-corrected chi connectivity index (χ1v) is 7.77. The molecule has 0 saturated heterocycles. The zero-order valence-electron chi connectivity index (χ0n) is 11.0. The number of halogens is 4. The van der Waals surface area contributed by atoms with Crippen molar-refractivity contribution in [2.45, 2.75) is 29.1 Å². The normalized spacial score (nSPS) is 11.0. The van der Waals surface area contributed by atoms with Gasteiger partial charge in [0.25, 0.3) is 0 Å². The number of rotatable bonds is 5. The fourth-order valence-electron chi connectivity index (χ4n) is 1.63. The number of carbonyl (C=O) groups excluding carboxylic acids is 1. The van der Waals surface area contributed by atoms with Gasteiger partial charge in [0.2, 0.25) is 0 Å². The molecular weight excluding hydrogens is 371 g/mol. The summed E-state index contributed by atoms with van der Waals surface area (Å²) in [6, 6.07) is 4.62. The van der Waals surface area contributed by atoms with E-state index in [0.29, 0.717) is 10.9 Å². The first-order valence-electron chi connectivity index (χ1n) is 5.84. The third-order valence-electron chi connectivity index (χ3n) is 2.40. The summed E-state index contributed by atoms with van der Waals surface area (Å²) in [6.07, 6.45) is -0.363. The van der Waals surface area contributed by atoms with Gasteiger partial charge in [-0.1, -0.05) is 15.9 Å². The van der Waals surface area contributed by atoms with Crippen molar-refractivity contribution in [3.05, 3.63) is 28.8 Å². The van der Waals surface area contributed by atoms with Gasteiger partial charge in [-0.25, -0.2) is 0 Å². The van der Waals surface area contributed by atoms with Crippen LogP contribution in [0.5, 0.6) is 0 Å². The molecule has 114 valence electrons. The van der Waals surface area contributed by atoms with E-state index in [2.05, 4.69) is 15.9 Å². The van der Waals surface area contributed by atoms with Gasteiger partial charge in [-0.2, -0.15) is 18.4 Å². The third kappa shape index (κ3) is 5.59. The number of carbonyl (C=O) groups is 1. The van der Waals surface area contributed by atoms with Crippen molar-refractivity contribution in [1.29, 1.82) is 5.26 Å². The van der Waals surface area contributed by atoms with Crippen molar-refractivity contribution in [3.8, 4) is 6.07 Å². The van der Waals surface area contributed by atoms with E-state index >= 15 is 0 Å². The number of esters is 1. The number of nitrogens with zero attached hydrogens (tertiary/aromatic N) is 1.